The van der Waals surface area contributed by atoms with Crippen LogP contribution in [0.3, 0.4) is 0 Å². The number of allylic oxidation sites excluding steroid dienone is 2. The first-order valence-electron chi connectivity index (χ1n) is 11.8. The van der Waals surface area contributed by atoms with Gasteiger partial charge in [-0.3, -0.25) is 4.90 Å². The lowest BCUT2D eigenvalue weighted by Gasteiger charge is -2.26. The van der Waals surface area contributed by atoms with E-state index in [1.165, 1.54) is 32.2 Å². The molecular weight excluding hydrogens is 374 g/mol. The van der Waals surface area contributed by atoms with Gasteiger partial charge in [-0.1, -0.05) is 60.6 Å². The van der Waals surface area contributed by atoms with Crippen molar-refractivity contribution >= 4 is 0 Å². The fraction of sp³-hybridized carbons (Fsp3) is 0.615. The Kier molecular flexibility index (Phi) is 7.78. The maximum atomic E-state index is 10.6. The van der Waals surface area contributed by atoms with E-state index in [4.69, 9.17) is 4.74 Å². The van der Waals surface area contributed by atoms with Crippen molar-refractivity contribution in [2.45, 2.75) is 50.7 Å². The van der Waals surface area contributed by atoms with Crippen LogP contribution in [0.25, 0.3) is 0 Å². The Morgan fingerprint density at radius 1 is 1.10 bits per heavy atom. The molecule has 0 bridgehead atoms. The van der Waals surface area contributed by atoms with Gasteiger partial charge < -0.3 is 14.9 Å². The number of fused-ring (bicyclic) bond motifs is 1. The predicted octanol–water partition coefficient (Wildman–Crippen LogP) is 4.11. The summed E-state index contributed by atoms with van der Waals surface area (Å²) in [6.07, 6.45) is 12.5. The van der Waals surface area contributed by atoms with E-state index >= 15 is 0 Å². The first-order valence-corrected chi connectivity index (χ1v) is 11.8. The molecule has 0 unspecified atom stereocenters. The molecule has 0 radical (unpaired) electrons. The lowest BCUT2D eigenvalue weighted by molar-refractivity contribution is 0.0371. The summed E-state index contributed by atoms with van der Waals surface area (Å²) in [6, 6.07) is 9.73. The highest BCUT2D eigenvalue weighted by Crippen LogP contribution is 2.48. The third-order valence-electron chi connectivity index (χ3n) is 7.18. The van der Waals surface area contributed by atoms with Crippen LogP contribution in [0, 0.1) is 17.8 Å². The van der Waals surface area contributed by atoms with Gasteiger partial charge in [-0.05, 0) is 56.0 Å². The van der Waals surface area contributed by atoms with E-state index < -0.39 is 6.10 Å². The summed E-state index contributed by atoms with van der Waals surface area (Å²) >= 11 is 0. The SMILES string of the molecule is O[C@H](/C=C/[C@@H]1[C@H]2CC(CCCCCN3CCOCC3)=C[C@H]2C[C@H]1O)c1ccccc1. The molecule has 1 saturated heterocycles. The van der Waals surface area contributed by atoms with Crippen LogP contribution in [0.4, 0.5) is 0 Å². The van der Waals surface area contributed by atoms with Gasteiger partial charge in [0.2, 0.25) is 0 Å². The quantitative estimate of drug-likeness (QED) is 0.474. The van der Waals surface area contributed by atoms with Crippen LogP contribution < -0.4 is 0 Å². The van der Waals surface area contributed by atoms with E-state index in [-0.39, 0.29) is 12.0 Å². The highest BCUT2D eigenvalue weighted by atomic mass is 16.5. The molecule has 2 aliphatic carbocycles. The van der Waals surface area contributed by atoms with Crippen LogP contribution in [0.5, 0.6) is 0 Å². The minimum absolute atomic E-state index is 0.156. The van der Waals surface area contributed by atoms with Crippen molar-refractivity contribution in [3.8, 4) is 0 Å². The minimum Gasteiger partial charge on any atom is -0.392 e. The molecule has 4 rings (SSSR count). The fourth-order valence-electron chi connectivity index (χ4n) is 5.47. The normalized spacial score (nSPS) is 30.5. The molecule has 1 saturated carbocycles. The van der Waals surface area contributed by atoms with Crippen molar-refractivity contribution < 1.29 is 14.9 Å². The zero-order valence-corrected chi connectivity index (χ0v) is 18.0. The van der Waals surface area contributed by atoms with Gasteiger partial charge in [0.15, 0.2) is 0 Å². The van der Waals surface area contributed by atoms with Crippen molar-refractivity contribution in [2.75, 3.05) is 32.8 Å². The van der Waals surface area contributed by atoms with Crippen LogP contribution >= 0.6 is 0 Å². The number of morpholine rings is 1. The van der Waals surface area contributed by atoms with Gasteiger partial charge in [0, 0.05) is 19.0 Å². The average Bonchev–Trinajstić information content (AvgIpc) is 3.29. The van der Waals surface area contributed by atoms with Crippen molar-refractivity contribution in [2.24, 2.45) is 17.8 Å². The molecule has 0 aromatic heterocycles. The Labute approximate surface area is 181 Å². The second-order valence-corrected chi connectivity index (χ2v) is 9.24. The Bertz CT molecular complexity index is 710. The van der Waals surface area contributed by atoms with Crippen LogP contribution in [0.2, 0.25) is 0 Å². The third-order valence-corrected chi connectivity index (χ3v) is 7.18. The van der Waals surface area contributed by atoms with Gasteiger partial charge >= 0.3 is 0 Å². The van der Waals surface area contributed by atoms with Gasteiger partial charge in [0.1, 0.15) is 0 Å². The molecule has 0 spiro atoms. The molecule has 2 fully saturated rings. The van der Waals surface area contributed by atoms with E-state index in [0.29, 0.717) is 11.8 Å². The monoisotopic (exact) mass is 411 g/mol. The molecular formula is C26H37NO3. The molecule has 1 aliphatic heterocycles. The second kappa shape index (κ2) is 10.7. The van der Waals surface area contributed by atoms with Crippen molar-refractivity contribution in [1.29, 1.82) is 0 Å². The molecule has 1 heterocycles. The van der Waals surface area contributed by atoms with Crippen LogP contribution in [-0.4, -0.2) is 54.1 Å². The number of nitrogens with zero attached hydrogens (tertiary/aromatic N) is 1. The Morgan fingerprint density at radius 3 is 2.70 bits per heavy atom. The first kappa shape index (κ1) is 21.8. The van der Waals surface area contributed by atoms with Crippen molar-refractivity contribution in [3.05, 3.63) is 59.7 Å². The molecule has 2 N–H and O–H groups in total. The minimum atomic E-state index is -0.599. The largest absolute Gasteiger partial charge is 0.392 e. The highest BCUT2D eigenvalue weighted by molar-refractivity contribution is 5.24. The standard InChI is InChI=1S/C26H37NO3/c28-25(21-8-4-1-5-9-21)11-10-23-24-18-20(17-22(24)19-26(23)29)7-3-2-6-12-27-13-15-30-16-14-27/h1,4-5,8-11,17,22-26,28-29H,2-3,6-7,12-16,18-19H2/b11-10+/t22-,23+,24-,25+,26+/m0/s1. The van der Waals surface area contributed by atoms with Crippen LogP contribution in [0.1, 0.15) is 50.2 Å². The lowest BCUT2D eigenvalue weighted by Crippen LogP contribution is -2.36. The van der Waals surface area contributed by atoms with Gasteiger partial charge in [0.25, 0.3) is 0 Å². The molecule has 4 heteroatoms. The summed E-state index contributed by atoms with van der Waals surface area (Å²) in [4.78, 5) is 2.52. The number of aliphatic hydroxyl groups is 2. The van der Waals surface area contributed by atoms with Gasteiger partial charge in [0.05, 0.1) is 25.4 Å². The Hall–Kier alpha value is -1.46. The number of rotatable bonds is 9. The van der Waals surface area contributed by atoms with Gasteiger partial charge in [-0.25, -0.2) is 0 Å². The molecule has 0 amide bonds. The van der Waals surface area contributed by atoms with E-state index in [9.17, 15) is 10.2 Å². The fourth-order valence-corrected chi connectivity index (χ4v) is 5.47. The van der Waals surface area contributed by atoms with Gasteiger partial charge in [-0.2, -0.15) is 0 Å². The molecule has 30 heavy (non-hydrogen) atoms. The number of aliphatic hydroxyl groups excluding tert-OH is 2. The number of hydrogen-bond acceptors (Lipinski definition) is 4. The molecule has 3 aliphatic rings. The third kappa shape index (κ3) is 5.61. The topological polar surface area (TPSA) is 52.9 Å². The predicted molar refractivity (Wildman–Crippen MR) is 120 cm³/mol. The lowest BCUT2D eigenvalue weighted by atomic mass is 9.88. The first-order chi connectivity index (χ1) is 14.7. The number of hydrogen-bond donors (Lipinski definition) is 2. The van der Waals surface area contributed by atoms with Crippen molar-refractivity contribution in [1.82, 2.24) is 4.90 Å². The summed E-state index contributed by atoms with van der Waals surface area (Å²) in [5.41, 5.74) is 2.49. The summed E-state index contributed by atoms with van der Waals surface area (Å²) in [7, 11) is 0. The maximum Gasteiger partial charge on any atom is 0.0971 e. The molecule has 164 valence electrons. The molecule has 4 nitrogen and oxygen atoms in total. The van der Waals surface area contributed by atoms with E-state index in [1.807, 2.05) is 36.4 Å². The average molecular weight is 412 g/mol. The number of benzene rings is 1. The zero-order chi connectivity index (χ0) is 20.8. The zero-order valence-electron chi connectivity index (χ0n) is 18.0. The summed E-state index contributed by atoms with van der Waals surface area (Å²) in [6.45, 7) is 5.16. The van der Waals surface area contributed by atoms with E-state index in [1.54, 1.807) is 5.57 Å². The summed E-state index contributed by atoms with van der Waals surface area (Å²) in [5, 5.41) is 21.0. The summed E-state index contributed by atoms with van der Waals surface area (Å²) in [5.74, 6) is 1.16. The number of unbranched alkanes of at least 4 members (excludes halogenated alkanes) is 2. The van der Waals surface area contributed by atoms with Gasteiger partial charge in [-0.15, -0.1) is 0 Å². The van der Waals surface area contributed by atoms with E-state index in [2.05, 4.69) is 17.1 Å². The van der Waals surface area contributed by atoms with E-state index in [0.717, 1.165) is 44.7 Å². The number of ether oxygens (including phenoxy) is 1. The van der Waals surface area contributed by atoms with Crippen LogP contribution in [-0.2, 0) is 4.74 Å². The Balaban J connectivity index is 1.20. The van der Waals surface area contributed by atoms with Crippen molar-refractivity contribution in [3.63, 3.8) is 0 Å². The highest BCUT2D eigenvalue weighted by Gasteiger charge is 2.43. The smallest absolute Gasteiger partial charge is 0.0971 e. The molecule has 1 aromatic carbocycles. The molecule has 1 aromatic rings. The summed E-state index contributed by atoms with van der Waals surface area (Å²) < 4.78 is 5.41. The maximum absolute atomic E-state index is 10.6. The van der Waals surface area contributed by atoms with Crippen LogP contribution in [0.15, 0.2) is 54.1 Å². The molecule has 5 atom stereocenters. The second-order valence-electron chi connectivity index (χ2n) is 9.24. The Morgan fingerprint density at radius 2 is 1.90 bits per heavy atom.